The van der Waals surface area contributed by atoms with E-state index in [2.05, 4.69) is 10.2 Å². The third-order valence-corrected chi connectivity index (χ3v) is 5.59. The van der Waals surface area contributed by atoms with E-state index in [1.807, 2.05) is 12.1 Å². The van der Waals surface area contributed by atoms with Crippen LogP contribution in [0.25, 0.3) is 11.3 Å². The summed E-state index contributed by atoms with van der Waals surface area (Å²) in [5, 5.41) is 14.2. The normalized spacial score (nSPS) is 20.2. The molecule has 3 heterocycles. The van der Waals surface area contributed by atoms with Gasteiger partial charge in [0.1, 0.15) is 11.5 Å². The minimum atomic E-state index is -0.388. The fraction of sp³-hybridized carbons (Fsp3) is 0.474. The summed E-state index contributed by atoms with van der Waals surface area (Å²) in [5.74, 6) is 1.72. The molecule has 25 heavy (non-hydrogen) atoms. The molecule has 1 aromatic heterocycles. The van der Waals surface area contributed by atoms with Gasteiger partial charge in [-0.05, 0) is 68.6 Å². The Balaban J connectivity index is 1.41. The molecular formula is C19H23N3O3. The van der Waals surface area contributed by atoms with Gasteiger partial charge in [0, 0.05) is 24.2 Å². The summed E-state index contributed by atoms with van der Waals surface area (Å²) in [6.07, 6.45) is 3.83. The Labute approximate surface area is 147 Å². The first-order chi connectivity index (χ1) is 12.1. The molecule has 2 aliphatic heterocycles. The molecule has 2 aromatic rings. The first-order valence-electron chi connectivity index (χ1n) is 8.90. The number of hydrogen-bond donors (Lipinski definition) is 1. The van der Waals surface area contributed by atoms with Gasteiger partial charge in [0.2, 0.25) is 0 Å². The van der Waals surface area contributed by atoms with E-state index < -0.39 is 0 Å². The van der Waals surface area contributed by atoms with E-state index in [9.17, 15) is 10.1 Å². The highest BCUT2D eigenvalue weighted by Crippen LogP contribution is 2.39. The van der Waals surface area contributed by atoms with Crippen LogP contribution in [0.4, 0.5) is 5.69 Å². The number of nitro benzene ring substituents is 1. The molecule has 2 saturated heterocycles. The van der Waals surface area contributed by atoms with Gasteiger partial charge in [-0.3, -0.25) is 15.0 Å². The van der Waals surface area contributed by atoms with Crippen LogP contribution in [-0.2, 0) is 6.54 Å². The maximum atomic E-state index is 10.7. The van der Waals surface area contributed by atoms with Gasteiger partial charge in [0.15, 0.2) is 0 Å². The number of nitrogens with one attached hydrogen (secondary N) is 1. The molecule has 2 fully saturated rings. The van der Waals surface area contributed by atoms with Crippen molar-refractivity contribution in [3.8, 4) is 11.3 Å². The Morgan fingerprint density at radius 1 is 1.12 bits per heavy atom. The molecule has 2 aliphatic rings. The zero-order valence-corrected chi connectivity index (χ0v) is 14.2. The van der Waals surface area contributed by atoms with Crippen LogP contribution in [0.5, 0.6) is 0 Å². The molecule has 6 nitrogen and oxygen atoms in total. The topological polar surface area (TPSA) is 71.6 Å². The van der Waals surface area contributed by atoms with Crippen LogP contribution in [0.2, 0.25) is 0 Å². The van der Waals surface area contributed by atoms with Gasteiger partial charge in [0.05, 0.1) is 11.5 Å². The average molecular weight is 341 g/mol. The molecule has 1 aromatic carbocycles. The number of furan rings is 1. The van der Waals surface area contributed by atoms with Crippen molar-refractivity contribution >= 4 is 5.69 Å². The summed E-state index contributed by atoms with van der Waals surface area (Å²) in [4.78, 5) is 12.8. The summed E-state index contributed by atoms with van der Waals surface area (Å²) in [7, 11) is 0. The van der Waals surface area contributed by atoms with E-state index in [4.69, 9.17) is 4.42 Å². The summed E-state index contributed by atoms with van der Waals surface area (Å²) >= 11 is 0. The van der Waals surface area contributed by atoms with Crippen LogP contribution in [-0.4, -0.2) is 36.0 Å². The van der Waals surface area contributed by atoms with Gasteiger partial charge in [-0.15, -0.1) is 0 Å². The first kappa shape index (κ1) is 16.3. The van der Waals surface area contributed by atoms with Gasteiger partial charge < -0.3 is 9.73 Å². The van der Waals surface area contributed by atoms with Gasteiger partial charge in [-0.1, -0.05) is 0 Å². The first-order valence-corrected chi connectivity index (χ1v) is 8.90. The van der Waals surface area contributed by atoms with E-state index in [-0.39, 0.29) is 10.6 Å². The molecule has 6 heteroatoms. The Bertz CT molecular complexity index is 748. The zero-order valence-electron chi connectivity index (χ0n) is 14.2. The van der Waals surface area contributed by atoms with Crippen molar-refractivity contribution in [3.05, 3.63) is 52.3 Å². The van der Waals surface area contributed by atoms with E-state index in [0.29, 0.717) is 5.41 Å². The number of nitrogens with zero attached hydrogens (tertiary/aromatic N) is 2. The molecule has 1 N–H and O–H groups in total. The van der Waals surface area contributed by atoms with E-state index in [0.717, 1.165) is 49.8 Å². The molecular weight excluding hydrogens is 318 g/mol. The fourth-order valence-electron chi connectivity index (χ4n) is 4.11. The van der Waals surface area contributed by atoms with Gasteiger partial charge >= 0.3 is 0 Å². The maximum Gasteiger partial charge on any atom is 0.269 e. The lowest BCUT2D eigenvalue weighted by atomic mass is 9.78. The van der Waals surface area contributed by atoms with Gasteiger partial charge in [0.25, 0.3) is 5.69 Å². The zero-order chi connectivity index (χ0) is 17.3. The van der Waals surface area contributed by atoms with E-state index in [1.54, 1.807) is 12.1 Å². The van der Waals surface area contributed by atoms with Crippen LogP contribution in [0.15, 0.2) is 40.8 Å². The third-order valence-electron chi connectivity index (χ3n) is 5.59. The van der Waals surface area contributed by atoms with Crippen molar-refractivity contribution in [1.82, 2.24) is 10.2 Å². The SMILES string of the molecule is O=[N+]([O-])c1ccc(-c2ccc(CN3CCC4(CCNCC4)C3)o2)cc1. The number of nitro groups is 1. The molecule has 4 rings (SSSR count). The molecule has 0 unspecified atom stereocenters. The van der Waals surface area contributed by atoms with Crippen LogP contribution >= 0.6 is 0 Å². The molecule has 1 spiro atoms. The highest BCUT2D eigenvalue weighted by atomic mass is 16.6. The summed E-state index contributed by atoms with van der Waals surface area (Å²) in [5.41, 5.74) is 1.46. The standard InChI is InChI=1S/C19H23N3O3/c23-22(24)16-3-1-15(2-4-16)18-6-5-17(25-18)13-21-12-9-19(14-21)7-10-20-11-8-19/h1-6,20H,7-14H2. The molecule has 0 radical (unpaired) electrons. The van der Waals surface area contributed by atoms with Crippen molar-refractivity contribution in [2.75, 3.05) is 26.2 Å². The second-order valence-corrected chi connectivity index (χ2v) is 7.28. The van der Waals surface area contributed by atoms with Crippen LogP contribution in [0, 0.1) is 15.5 Å². The van der Waals surface area contributed by atoms with Crippen molar-refractivity contribution < 1.29 is 9.34 Å². The average Bonchev–Trinajstić information content (AvgIpc) is 3.24. The Hall–Kier alpha value is -2.18. The lowest BCUT2D eigenvalue weighted by Gasteiger charge is -2.33. The minimum absolute atomic E-state index is 0.0971. The van der Waals surface area contributed by atoms with Crippen molar-refractivity contribution in [1.29, 1.82) is 0 Å². The molecule has 0 saturated carbocycles. The van der Waals surface area contributed by atoms with Gasteiger partial charge in [-0.25, -0.2) is 0 Å². The second-order valence-electron chi connectivity index (χ2n) is 7.28. The van der Waals surface area contributed by atoms with Crippen molar-refractivity contribution in [2.45, 2.75) is 25.8 Å². The molecule has 0 aliphatic carbocycles. The van der Waals surface area contributed by atoms with E-state index >= 15 is 0 Å². The van der Waals surface area contributed by atoms with Gasteiger partial charge in [-0.2, -0.15) is 0 Å². The number of likely N-dealkylation sites (tertiary alicyclic amines) is 1. The predicted octanol–water partition coefficient (Wildman–Crippen LogP) is 3.43. The summed E-state index contributed by atoms with van der Waals surface area (Å²) < 4.78 is 5.98. The number of piperidine rings is 1. The van der Waals surface area contributed by atoms with Crippen molar-refractivity contribution in [3.63, 3.8) is 0 Å². The lowest BCUT2D eigenvalue weighted by molar-refractivity contribution is -0.384. The second kappa shape index (κ2) is 6.61. The Kier molecular flexibility index (Phi) is 4.31. The molecule has 0 amide bonds. The number of benzene rings is 1. The lowest BCUT2D eigenvalue weighted by Crippen LogP contribution is -2.38. The number of hydrogen-bond acceptors (Lipinski definition) is 5. The number of non-ortho nitro benzene ring substituents is 1. The quantitative estimate of drug-likeness (QED) is 0.681. The van der Waals surface area contributed by atoms with Crippen LogP contribution in [0.3, 0.4) is 0 Å². The monoisotopic (exact) mass is 341 g/mol. The van der Waals surface area contributed by atoms with Crippen LogP contribution < -0.4 is 5.32 Å². The van der Waals surface area contributed by atoms with Crippen molar-refractivity contribution in [2.24, 2.45) is 5.41 Å². The van der Waals surface area contributed by atoms with E-state index in [1.165, 1.54) is 31.4 Å². The largest absolute Gasteiger partial charge is 0.460 e. The Morgan fingerprint density at radius 3 is 2.60 bits per heavy atom. The maximum absolute atomic E-state index is 10.7. The highest BCUT2D eigenvalue weighted by Gasteiger charge is 2.38. The highest BCUT2D eigenvalue weighted by molar-refractivity contribution is 5.59. The summed E-state index contributed by atoms with van der Waals surface area (Å²) in [6, 6.07) is 10.5. The fourth-order valence-corrected chi connectivity index (χ4v) is 4.11. The molecule has 132 valence electrons. The van der Waals surface area contributed by atoms with Crippen LogP contribution in [0.1, 0.15) is 25.0 Å². The molecule has 0 atom stereocenters. The third kappa shape index (κ3) is 3.45. The smallest absolute Gasteiger partial charge is 0.269 e. The minimum Gasteiger partial charge on any atom is -0.460 e. The Morgan fingerprint density at radius 2 is 1.88 bits per heavy atom. The molecule has 0 bridgehead atoms. The number of rotatable bonds is 4. The summed E-state index contributed by atoms with van der Waals surface area (Å²) in [6.45, 7) is 5.40. The predicted molar refractivity (Wildman–Crippen MR) is 95.2 cm³/mol.